The van der Waals surface area contributed by atoms with Crippen molar-refractivity contribution in [3.05, 3.63) is 26.6 Å². The molecule has 4 rings (SSSR count). The zero-order valence-electron chi connectivity index (χ0n) is 12.0. The molecule has 0 fully saturated rings. The second-order valence-electron chi connectivity index (χ2n) is 6.02. The lowest BCUT2D eigenvalue weighted by molar-refractivity contribution is 0.0986. The van der Waals surface area contributed by atoms with E-state index in [0.717, 1.165) is 78.0 Å². The fourth-order valence-electron chi connectivity index (χ4n) is 3.50. The average Bonchev–Trinajstić information content (AvgIpc) is 2.62. The van der Waals surface area contributed by atoms with E-state index in [-0.39, 0.29) is 11.3 Å². The Balaban J connectivity index is 2.02. The largest absolute Gasteiger partial charge is 0.296 e. The minimum absolute atomic E-state index is 0.0871. The van der Waals surface area contributed by atoms with E-state index in [2.05, 4.69) is 0 Å². The molecule has 2 aromatic rings. The molecule has 0 saturated heterocycles. The van der Waals surface area contributed by atoms with Crippen LogP contribution in [-0.4, -0.2) is 15.3 Å². The van der Waals surface area contributed by atoms with Crippen LogP contribution in [0.5, 0.6) is 0 Å². The molecule has 0 N–H and O–H groups in total. The first kappa shape index (κ1) is 13.2. The van der Waals surface area contributed by atoms with Crippen molar-refractivity contribution in [1.82, 2.24) is 9.55 Å². The third-order valence-electron chi connectivity index (χ3n) is 4.61. The normalized spacial score (nSPS) is 19.0. The van der Waals surface area contributed by atoms with Gasteiger partial charge in [0.05, 0.1) is 10.3 Å². The quantitative estimate of drug-likeness (QED) is 0.703. The monoisotopic (exact) mass is 302 g/mol. The SMILES string of the molecule is O=C1CCCCc2c1sc1nc3n(c(=O)c21)CCCCC3. The van der Waals surface area contributed by atoms with Crippen molar-refractivity contribution in [3.63, 3.8) is 0 Å². The highest BCUT2D eigenvalue weighted by Gasteiger charge is 2.25. The van der Waals surface area contributed by atoms with Crippen LogP contribution in [0.2, 0.25) is 0 Å². The van der Waals surface area contributed by atoms with Crippen LogP contribution < -0.4 is 5.56 Å². The van der Waals surface area contributed by atoms with Crippen LogP contribution in [0.4, 0.5) is 0 Å². The van der Waals surface area contributed by atoms with Crippen LogP contribution in [0.25, 0.3) is 10.2 Å². The Morgan fingerprint density at radius 2 is 1.76 bits per heavy atom. The van der Waals surface area contributed by atoms with Gasteiger partial charge in [-0.05, 0) is 37.7 Å². The predicted molar refractivity (Wildman–Crippen MR) is 83.3 cm³/mol. The summed E-state index contributed by atoms with van der Waals surface area (Å²) in [6.45, 7) is 0.773. The van der Waals surface area contributed by atoms with Gasteiger partial charge >= 0.3 is 0 Å². The third kappa shape index (κ3) is 2.06. The lowest BCUT2D eigenvalue weighted by Crippen LogP contribution is -2.24. The molecule has 110 valence electrons. The van der Waals surface area contributed by atoms with Crippen molar-refractivity contribution in [1.29, 1.82) is 0 Å². The van der Waals surface area contributed by atoms with Gasteiger partial charge in [0.25, 0.3) is 5.56 Å². The van der Waals surface area contributed by atoms with Crippen molar-refractivity contribution in [2.45, 2.75) is 57.9 Å². The van der Waals surface area contributed by atoms with Crippen LogP contribution in [0.3, 0.4) is 0 Å². The minimum atomic E-state index is 0.0871. The van der Waals surface area contributed by atoms with Crippen LogP contribution in [0.1, 0.15) is 59.6 Å². The number of aryl methyl sites for hydroxylation is 2. The average molecular weight is 302 g/mol. The Kier molecular flexibility index (Phi) is 3.17. The number of hydrogen-bond acceptors (Lipinski definition) is 4. The fourth-order valence-corrected chi connectivity index (χ4v) is 4.70. The van der Waals surface area contributed by atoms with Gasteiger partial charge in [0.1, 0.15) is 10.7 Å². The van der Waals surface area contributed by atoms with Gasteiger partial charge in [-0.3, -0.25) is 14.2 Å². The van der Waals surface area contributed by atoms with Crippen molar-refractivity contribution in [2.24, 2.45) is 0 Å². The molecule has 0 bridgehead atoms. The van der Waals surface area contributed by atoms with Crippen molar-refractivity contribution in [2.75, 3.05) is 0 Å². The lowest BCUT2D eigenvalue weighted by atomic mass is 10.1. The summed E-state index contributed by atoms with van der Waals surface area (Å²) in [7, 11) is 0. The molecule has 2 aliphatic rings. The number of ketones is 1. The molecule has 0 unspecified atom stereocenters. The number of Topliss-reactive ketones (excluding diaryl/α,β-unsaturated/α-hetero) is 1. The summed E-state index contributed by atoms with van der Waals surface area (Å²) in [6.07, 6.45) is 7.56. The van der Waals surface area contributed by atoms with E-state index in [4.69, 9.17) is 4.98 Å². The Hall–Kier alpha value is -1.49. The summed E-state index contributed by atoms with van der Waals surface area (Å²) in [5.41, 5.74) is 1.07. The first-order valence-electron chi connectivity index (χ1n) is 7.84. The summed E-state index contributed by atoms with van der Waals surface area (Å²) in [4.78, 5) is 31.5. The fraction of sp³-hybridized carbons (Fsp3) is 0.562. The number of carbonyl (C=O) groups is 1. The van der Waals surface area contributed by atoms with Crippen molar-refractivity contribution >= 4 is 27.3 Å². The number of nitrogens with zero attached hydrogens (tertiary/aromatic N) is 2. The van der Waals surface area contributed by atoms with Gasteiger partial charge in [0, 0.05) is 19.4 Å². The molecule has 3 heterocycles. The van der Waals surface area contributed by atoms with E-state index < -0.39 is 0 Å². The first-order chi connectivity index (χ1) is 10.3. The van der Waals surface area contributed by atoms with Crippen LogP contribution >= 0.6 is 11.3 Å². The van der Waals surface area contributed by atoms with E-state index in [1.165, 1.54) is 11.3 Å². The van der Waals surface area contributed by atoms with Gasteiger partial charge in [0.2, 0.25) is 0 Å². The molecule has 2 aromatic heterocycles. The highest BCUT2D eigenvalue weighted by molar-refractivity contribution is 7.20. The molecule has 4 nitrogen and oxygen atoms in total. The smallest absolute Gasteiger partial charge is 0.262 e. The molecule has 21 heavy (non-hydrogen) atoms. The second kappa shape index (κ2) is 5.05. The molecular formula is C16H18N2O2S. The molecule has 0 amide bonds. The molecule has 0 radical (unpaired) electrons. The van der Waals surface area contributed by atoms with Gasteiger partial charge in [-0.1, -0.05) is 6.42 Å². The number of fused-ring (bicyclic) bond motifs is 4. The van der Waals surface area contributed by atoms with Crippen LogP contribution in [0, 0.1) is 0 Å². The van der Waals surface area contributed by atoms with Gasteiger partial charge in [-0.25, -0.2) is 4.98 Å². The number of hydrogen-bond donors (Lipinski definition) is 0. The number of thiophene rings is 1. The molecule has 1 aliphatic carbocycles. The zero-order chi connectivity index (χ0) is 14.4. The van der Waals surface area contributed by atoms with Gasteiger partial charge < -0.3 is 0 Å². The summed E-state index contributed by atoms with van der Waals surface area (Å²) in [6, 6.07) is 0. The maximum absolute atomic E-state index is 12.9. The van der Waals surface area contributed by atoms with E-state index in [9.17, 15) is 9.59 Å². The molecule has 0 saturated carbocycles. The molecule has 0 spiro atoms. The van der Waals surface area contributed by atoms with Gasteiger partial charge in [0.15, 0.2) is 5.78 Å². The molecule has 0 atom stereocenters. The molecule has 5 heteroatoms. The maximum Gasteiger partial charge on any atom is 0.262 e. The Morgan fingerprint density at radius 1 is 0.952 bits per heavy atom. The topological polar surface area (TPSA) is 52.0 Å². The van der Waals surface area contributed by atoms with E-state index in [0.29, 0.717) is 6.42 Å². The third-order valence-corrected chi connectivity index (χ3v) is 5.77. The van der Waals surface area contributed by atoms with Gasteiger partial charge in [-0.2, -0.15) is 0 Å². The highest BCUT2D eigenvalue weighted by atomic mass is 32.1. The Morgan fingerprint density at radius 3 is 2.67 bits per heavy atom. The summed E-state index contributed by atoms with van der Waals surface area (Å²) in [5.74, 6) is 1.11. The molecule has 0 aromatic carbocycles. The Labute approximate surface area is 126 Å². The van der Waals surface area contributed by atoms with E-state index in [1.807, 2.05) is 4.57 Å². The van der Waals surface area contributed by atoms with Crippen LogP contribution in [-0.2, 0) is 19.4 Å². The Bertz CT molecular complexity index is 788. The summed E-state index contributed by atoms with van der Waals surface area (Å²) in [5, 5.41) is 0.732. The highest BCUT2D eigenvalue weighted by Crippen LogP contribution is 2.33. The molecular weight excluding hydrogens is 284 g/mol. The standard InChI is InChI=1S/C16H18N2O2S/c19-11-7-4-3-6-10-13-15(21-14(10)11)17-12-8-2-1-5-9-18(12)16(13)20/h1-9H2. The second-order valence-corrected chi connectivity index (χ2v) is 7.01. The number of rotatable bonds is 0. The number of aromatic nitrogens is 2. The van der Waals surface area contributed by atoms with Crippen molar-refractivity contribution < 1.29 is 4.79 Å². The lowest BCUT2D eigenvalue weighted by Gasteiger charge is -2.08. The van der Waals surface area contributed by atoms with Crippen LogP contribution in [0.15, 0.2) is 4.79 Å². The predicted octanol–water partition coefficient (Wildman–Crippen LogP) is 3.09. The van der Waals surface area contributed by atoms with Gasteiger partial charge in [-0.15, -0.1) is 11.3 Å². The molecule has 1 aliphatic heterocycles. The number of carbonyl (C=O) groups excluding carboxylic acids is 1. The minimum Gasteiger partial charge on any atom is -0.296 e. The zero-order valence-corrected chi connectivity index (χ0v) is 12.8. The maximum atomic E-state index is 12.9. The summed E-state index contributed by atoms with van der Waals surface area (Å²) < 4.78 is 1.86. The van der Waals surface area contributed by atoms with E-state index in [1.54, 1.807) is 0 Å². The van der Waals surface area contributed by atoms with Crippen molar-refractivity contribution in [3.8, 4) is 0 Å². The van der Waals surface area contributed by atoms with E-state index >= 15 is 0 Å². The summed E-state index contributed by atoms with van der Waals surface area (Å²) >= 11 is 1.44. The first-order valence-corrected chi connectivity index (χ1v) is 8.65.